The summed E-state index contributed by atoms with van der Waals surface area (Å²) in [7, 11) is -3.39. The zero-order valence-corrected chi connectivity index (χ0v) is 9.98. The molecular formula is C11H11N3O2S. The predicted molar refractivity (Wildman–Crippen MR) is 65.0 cm³/mol. The average molecular weight is 249 g/mol. The molecule has 0 radical (unpaired) electrons. The maximum atomic E-state index is 11.4. The monoisotopic (exact) mass is 249 g/mol. The van der Waals surface area contributed by atoms with Crippen molar-refractivity contribution in [3.05, 3.63) is 36.4 Å². The van der Waals surface area contributed by atoms with Crippen molar-refractivity contribution in [3.8, 4) is 11.4 Å². The Morgan fingerprint density at radius 1 is 1.12 bits per heavy atom. The topological polar surface area (TPSA) is 85.9 Å². The first kappa shape index (κ1) is 11.5. The molecule has 0 amide bonds. The highest BCUT2D eigenvalue weighted by Gasteiger charge is 2.13. The zero-order chi connectivity index (χ0) is 12.5. The second-order valence-electron chi connectivity index (χ2n) is 3.59. The lowest BCUT2D eigenvalue weighted by Gasteiger charge is -2.04. The van der Waals surface area contributed by atoms with Crippen LogP contribution in [0.1, 0.15) is 0 Å². The molecule has 0 aliphatic rings. The molecule has 1 heterocycles. The Balaban J connectivity index is 2.61. The van der Waals surface area contributed by atoms with Gasteiger partial charge in [0.2, 0.25) is 0 Å². The molecule has 0 bridgehead atoms. The first-order valence-electron chi connectivity index (χ1n) is 4.87. The molecule has 2 N–H and O–H groups in total. The SMILES string of the molecule is CS(=O)(=O)c1cc(N)nc(-c2ccccc2)n1. The Morgan fingerprint density at radius 2 is 1.76 bits per heavy atom. The number of sulfone groups is 1. The quantitative estimate of drug-likeness (QED) is 0.806. The van der Waals surface area contributed by atoms with Gasteiger partial charge in [-0.3, -0.25) is 0 Å². The van der Waals surface area contributed by atoms with Crippen molar-refractivity contribution in [2.75, 3.05) is 12.0 Å². The highest BCUT2D eigenvalue weighted by molar-refractivity contribution is 7.90. The van der Waals surface area contributed by atoms with E-state index < -0.39 is 9.84 Å². The van der Waals surface area contributed by atoms with Crippen molar-refractivity contribution in [2.45, 2.75) is 5.03 Å². The number of nitrogens with two attached hydrogens (primary N) is 1. The molecule has 1 aromatic heterocycles. The van der Waals surface area contributed by atoms with Crippen LogP contribution in [0, 0.1) is 0 Å². The number of hydrogen-bond donors (Lipinski definition) is 1. The maximum Gasteiger partial charge on any atom is 0.192 e. The number of hydrogen-bond acceptors (Lipinski definition) is 5. The van der Waals surface area contributed by atoms with Crippen LogP contribution < -0.4 is 5.73 Å². The first-order chi connectivity index (χ1) is 7.97. The van der Waals surface area contributed by atoms with Gasteiger partial charge in [-0.05, 0) is 0 Å². The van der Waals surface area contributed by atoms with Gasteiger partial charge in [-0.1, -0.05) is 30.3 Å². The molecule has 5 nitrogen and oxygen atoms in total. The second kappa shape index (κ2) is 4.14. The van der Waals surface area contributed by atoms with Crippen LogP contribution in [0.4, 0.5) is 5.82 Å². The van der Waals surface area contributed by atoms with Gasteiger partial charge in [0.25, 0.3) is 0 Å². The lowest BCUT2D eigenvalue weighted by atomic mass is 10.2. The van der Waals surface area contributed by atoms with Gasteiger partial charge < -0.3 is 5.73 Å². The fourth-order valence-corrected chi connectivity index (χ4v) is 1.94. The molecular weight excluding hydrogens is 238 g/mol. The Labute approximate surface area is 99.3 Å². The minimum atomic E-state index is -3.39. The van der Waals surface area contributed by atoms with Crippen LogP contribution in [0.2, 0.25) is 0 Å². The number of aromatic nitrogens is 2. The Kier molecular flexibility index (Phi) is 2.81. The molecule has 0 aliphatic carbocycles. The summed E-state index contributed by atoms with van der Waals surface area (Å²) in [5.41, 5.74) is 6.30. The van der Waals surface area contributed by atoms with Crippen LogP contribution in [0.5, 0.6) is 0 Å². The summed E-state index contributed by atoms with van der Waals surface area (Å²) in [5.74, 6) is 0.449. The fourth-order valence-electron chi connectivity index (χ4n) is 1.35. The molecule has 2 rings (SSSR count). The van der Waals surface area contributed by atoms with E-state index in [2.05, 4.69) is 9.97 Å². The van der Waals surface area contributed by atoms with Crippen LogP contribution in [-0.2, 0) is 9.84 Å². The number of rotatable bonds is 2. The third-order valence-electron chi connectivity index (χ3n) is 2.13. The van der Waals surface area contributed by atoms with Crippen LogP contribution in [0.3, 0.4) is 0 Å². The summed E-state index contributed by atoms with van der Waals surface area (Å²) < 4.78 is 22.8. The van der Waals surface area contributed by atoms with Crippen molar-refractivity contribution >= 4 is 15.7 Å². The smallest absolute Gasteiger partial charge is 0.192 e. The van der Waals surface area contributed by atoms with E-state index in [9.17, 15) is 8.42 Å². The van der Waals surface area contributed by atoms with E-state index in [0.29, 0.717) is 5.82 Å². The third kappa shape index (κ3) is 2.59. The molecule has 0 atom stereocenters. The molecule has 1 aromatic carbocycles. The lowest BCUT2D eigenvalue weighted by molar-refractivity contribution is 0.598. The van der Waals surface area contributed by atoms with Gasteiger partial charge in [0.1, 0.15) is 5.82 Å². The van der Waals surface area contributed by atoms with Crippen LogP contribution in [0.15, 0.2) is 41.4 Å². The Hall–Kier alpha value is -1.95. The first-order valence-corrected chi connectivity index (χ1v) is 6.76. The molecule has 88 valence electrons. The van der Waals surface area contributed by atoms with E-state index in [1.165, 1.54) is 6.07 Å². The number of benzene rings is 1. The summed E-state index contributed by atoms with van der Waals surface area (Å²) in [5, 5.41) is -0.0659. The molecule has 0 spiro atoms. The molecule has 0 fully saturated rings. The fraction of sp³-hybridized carbons (Fsp3) is 0.0909. The number of nitrogen functional groups attached to an aromatic ring is 1. The maximum absolute atomic E-state index is 11.4. The molecule has 2 aromatic rings. The van der Waals surface area contributed by atoms with Gasteiger partial charge in [-0.2, -0.15) is 0 Å². The largest absolute Gasteiger partial charge is 0.384 e. The van der Waals surface area contributed by atoms with Crippen LogP contribution >= 0.6 is 0 Å². The molecule has 0 saturated carbocycles. The summed E-state index contributed by atoms with van der Waals surface area (Å²) >= 11 is 0. The number of nitrogens with zero attached hydrogens (tertiary/aromatic N) is 2. The van der Waals surface area contributed by atoms with E-state index in [0.717, 1.165) is 11.8 Å². The van der Waals surface area contributed by atoms with Crippen molar-refractivity contribution in [1.29, 1.82) is 0 Å². The summed E-state index contributed by atoms with van der Waals surface area (Å²) in [6, 6.07) is 10.3. The van der Waals surface area contributed by atoms with E-state index in [-0.39, 0.29) is 10.8 Å². The average Bonchev–Trinajstić information content (AvgIpc) is 2.28. The molecule has 0 unspecified atom stereocenters. The number of anilines is 1. The van der Waals surface area contributed by atoms with E-state index in [1.54, 1.807) is 12.1 Å². The lowest BCUT2D eigenvalue weighted by Crippen LogP contribution is -2.05. The van der Waals surface area contributed by atoms with Crippen molar-refractivity contribution in [2.24, 2.45) is 0 Å². The Morgan fingerprint density at radius 3 is 2.35 bits per heavy atom. The summed E-state index contributed by atoms with van der Waals surface area (Å²) in [6.07, 6.45) is 1.09. The van der Waals surface area contributed by atoms with E-state index in [1.807, 2.05) is 18.2 Å². The summed E-state index contributed by atoms with van der Waals surface area (Å²) in [4.78, 5) is 8.02. The van der Waals surface area contributed by atoms with Gasteiger partial charge in [-0.15, -0.1) is 0 Å². The predicted octanol–water partition coefficient (Wildman–Crippen LogP) is 1.13. The Bertz CT molecular complexity index is 639. The van der Waals surface area contributed by atoms with Crippen LogP contribution in [0.25, 0.3) is 11.4 Å². The summed E-state index contributed by atoms with van der Waals surface area (Å²) in [6.45, 7) is 0. The minimum absolute atomic E-state index is 0.0659. The van der Waals surface area contributed by atoms with Gasteiger partial charge in [0.05, 0.1) is 0 Å². The third-order valence-corrected chi connectivity index (χ3v) is 3.10. The van der Waals surface area contributed by atoms with E-state index in [4.69, 9.17) is 5.73 Å². The van der Waals surface area contributed by atoms with E-state index >= 15 is 0 Å². The highest BCUT2D eigenvalue weighted by Crippen LogP contribution is 2.18. The second-order valence-corrected chi connectivity index (χ2v) is 5.56. The molecule has 0 saturated heterocycles. The van der Waals surface area contributed by atoms with Gasteiger partial charge in [0.15, 0.2) is 20.7 Å². The molecule has 17 heavy (non-hydrogen) atoms. The van der Waals surface area contributed by atoms with Gasteiger partial charge in [0, 0.05) is 17.9 Å². The van der Waals surface area contributed by atoms with Crippen LogP contribution in [-0.4, -0.2) is 24.6 Å². The standard InChI is InChI=1S/C11H11N3O2S/c1-17(15,16)10-7-9(12)13-11(14-10)8-5-3-2-4-6-8/h2-7H,1H3,(H2,12,13,14). The van der Waals surface area contributed by atoms with Gasteiger partial charge >= 0.3 is 0 Å². The highest BCUT2D eigenvalue weighted by atomic mass is 32.2. The van der Waals surface area contributed by atoms with Crippen molar-refractivity contribution in [3.63, 3.8) is 0 Å². The molecule has 0 aliphatic heterocycles. The van der Waals surface area contributed by atoms with Gasteiger partial charge in [-0.25, -0.2) is 18.4 Å². The zero-order valence-electron chi connectivity index (χ0n) is 9.16. The van der Waals surface area contributed by atoms with Crippen molar-refractivity contribution in [1.82, 2.24) is 9.97 Å². The normalized spacial score (nSPS) is 11.4. The minimum Gasteiger partial charge on any atom is -0.384 e. The molecule has 6 heteroatoms. The van der Waals surface area contributed by atoms with Crippen molar-refractivity contribution < 1.29 is 8.42 Å².